The number of aliphatic hydroxyl groups is 1. The Morgan fingerprint density at radius 2 is 1.89 bits per heavy atom. The fraction of sp³-hybridized carbons (Fsp3) is 0.462. The fourth-order valence-electron chi connectivity index (χ4n) is 4.07. The minimum atomic E-state index is -1.09. The first-order valence-electron chi connectivity index (χ1n) is 12.2. The molecular formula is C26H33BrN4O5. The van der Waals surface area contributed by atoms with E-state index in [4.69, 9.17) is 24.3 Å². The lowest BCUT2D eigenvalue weighted by atomic mass is 9.91. The van der Waals surface area contributed by atoms with Crippen LogP contribution in [0.1, 0.15) is 17.5 Å². The zero-order valence-electron chi connectivity index (χ0n) is 20.2. The largest absolute Gasteiger partial charge is 0.494 e. The maximum absolute atomic E-state index is 13.4. The minimum absolute atomic E-state index is 0.0906. The van der Waals surface area contributed by atoms with Crippen molar-refractivity contribution in [2.24, 2.45) is 4.99 Å². The second kappa shape index (κ2) is 13.2. The number of rotatable bonds is 12. The number of morpholine rings is 1. The third-order valence-corrected chi connectivity index (χ3v) is 6.66. The number of halogens is 1. The first kappa shape index (κ1) is 26.6. The quantitative estimate of drug-likeness (QED) is 0.269. The minimum Gasteiger partial charge on any atom is -0.494 e. The average molecular weight is 561 g/mol. The molecule has 2 aromatic rings. The van der Waals surface area contributed by atoms with E-state index >= 15 is 0 Å². The van der Waals surface area contributed by atoms with Crippen LogP contribution in [0.25, 0.3) is 0 Å². The Bertz CT molecular complexity index is 1010. The van der Waals surface area contributed by atoms with Crippen molar-refractivity contribution in [3.8, 4) is 5.75 Å². The molecule has 1 fully saturated rings. The summed E-state index contributed by atoms with van der Waals surface area (Å²) in [6.07, 6.45) is 0.981. The monoisotopic (exact) mass is 560 g/mol. The van der Waals surface area contributed by atoms with Crippen molar-refractivity contribution in [2.45, 2.75) is 18.4 Å². The molecular weight excluding hydrogens is 528 g/mol. The zero-order chi connectivity index (χ0) is 25.2. The van der Waals surface area contributed by atoms with Crippen molar-refractivity contribution in [1.29, 1.82) is 0 Å². The fourth-order valence-corrected chi connectivity index (χ4v) is 4.33. The van der Waals surface area contributed by atoms with Gasteiger partial charge in [-0.15, -0.1) is 0 Å². The number of ether oxygens (including phenoxy) is 3. The summed E-state index contributed by atoms with van der Waals surface area (Å²) in [5, 5.41) is 8.91. The van der Waals surface area contributed by atoms with E-state index in [1.54, 1.807) is 0 Å². The Kier molecular flexibility index (Phi) is 9.71. The summed E-state index contributed by atoms with van der Waals surface area (Å²) in [6, 6.07) is 15.3. The molecule has 0 spiro atoms. The smallest absolute Gasteiger partial charge is 0.266 e. The lowest BCUT2D eigenvalue weighted by Crippen LogP contribution is -2.54. The van der Waals surface area contributed by atoms with Crippen LogP contribution >= 0.6 is 15.9 Å². The van der Waals surface area contributed by atoms with E-state index < -0.39 is 5.54 Å². The van der Waals surface area contributed by atoms with Gasteiger partial charge in [0, 0.05) is 55.7 Å². The molecule has 1 amide bonds. The van der Waals surface area contributed by atoms with Crippen LogP contribution in [0.15, 0.2) is 58.0 Å². The summed E-state index contributed by atoms with van der Waals surface area (Å²) < 4.78 is 17.9. The maximum Gasteiger partial charge on any atom is 0.266 e. The van der Waals surface area contributed by atoms with E-state index in [9.17, 15) is 4.79 Å². The van der Waals surface area contributed by atoms with Crippen molar-refractivity contribution >= 4 is 27.7 Å². The number of carbonyl (C=O) groups is 1. The molecule has 2 aromatic carbocycles. The van der Waals surface area contributed by atoms with Crippen LogP contribution in [0.4, 0.5) is 0 Å². The standard InChI is InChI=1S/C26H33BrN4O5/c27-22-6-2-20(3-7-22)18-26(25(33)30-28-10-11-31-12-16-34-17-13-31)19-36-24(29-26)21-4-8-23(9-5-21)35-15-1-14-32/h2-9,28,32H,1,10-19H2,(H,30,33)/t26-/m0/s1. The van der Waals surface area contributed by atoms with E-state index in [0.29, 0.717) is 37.6 Å². The first-order valence-corrected chi connectivity index (χ1v) is 13.0. The summed E-state index contributed by atoms with van der Waals surface area (Å²) in [7, 11) is 0. The van der Waals surface area contributed by atoms with Crippen LogP contribution in [-0.4, -0.2) is 86.6 Å². The van der Waals surface area contributed by atoms with E-state index in [1.165, 1.54) is 0 Å². The predicted molar refractivity (Wildman–Crippen MR) is 140 cm³/mol. The highest BCUT2D eigenvalue weighted by Gasteiger charge is 2.44. The molecule has 0 aromatic heterocycles. The number of aliphatic hydroxyl groups excluding tert-OH is 1. The molecule has 0 saturated carbocycles. The van der Waals surface area contributed by atoms with Crippen LogP contribution < -0.4 is 15.6 Å². The molecule has 0 radical (unpaired) electrons. The second-order valence-electron chi connectivity index (χ2n) is 8.83. The van der Waals surface area contributed by atoms with E-state index in [2.05, 4.69) is 31.7 Å². The molecule has 10 heteroatoms. The topological polar surface area (TPSA) is 105 Å². The van der Waals surface area contributed by atoms with Crippen LogP contribution in [0.2, 0.25) is 0 Å². The van der Waals surface area contributed by atoms with Crippen molar-refractivity contribution in [1.82, 2.24) is 15.8 Å². The maximum atomic E-state index is 13.4. The summed E-state index contributed by atoms with van der Waals surface area (Å²) in [5.41, 5.74) is 6.60. The molecule has 0 unspecified atom stereocenters. The van der Waals surface area contributed by atoms with E-state index in [1.807, 2.05) is 48.5 Å². The molecule has 2 aliphatic rings. The number of hydrogen-bond donors (Lipinski definition) is 3. The van der Waals surface area contributed by atoms with Gasteiger partial charge in [0.25, 0.3) is 5.91 Å². The van der Waals surface area contributed by atoms with E-state index in [0.717, 1.165) is 48.4 Å². The first-order chi connectivity index (χ1) is 17.6. The van der Waals surface area contributed by atoms with Crippen LogP contribution in [0.5, 0.6) is 5.75 Å². The number of hydrogen-bond acceptors (Lipinski definition) is 8. The molecule has 2 aliphatic heterocycles. The van der Waals surface area contributed by atoms with Gasteiger partial charge in [0.2, 0.25) is 5.90 Å². The summed E-state index contributed by atoms with van der Waals surface area (Å²) in [4.78, 5) is 20.5. The summed E-state index contributed by atoms with van der Waals surface area (Å²) in [5.74, 6) is 0.901. The SMILES string of the molecule is O=C(NNCCN1CCOCC1)[C@]1(Cc2ccc(Br)cc2)COC(c2ccc(OCCCO)cc2)=N1. The van der Waals surface area contributed by atoms with Gasteiger partial charge >= 0.3 is 0 Å². The van der Waals surface area contributed by atoms with Gasteiger partial charge in [0.1, 0.15) is 12.4 Å². The molecule has 1 atom stereocenters. The number of nitrogens with zero attached hydrogens (tertiary/aromatic N) is 2. The average Bonchev–Trinajstić information content (AvgIpc) is 3.34. The number of benzene rings is 2. The third-order valence-electron chi connectivity index (χ3n) is 6.13. The molecule has 194 valence electrons. The van der Waals surface area contributed by atoms with Crippen molar-refractivity contribution in [3.63, 3.8) is 0 Å². The molecule has 36 heavy (non-hydrogen) atoms. The van der Waals surface area contributed by atoms with E-state index in [-0.39, 0.29) is 19.1 Å². The highest BCUT2D eigenvalue weighted by molar-refractivity contribution is 9.10. The molecule has 0 bridgehead atoms. The van der Waals surface area contributed by atoms with Gasteiger partial charge < -0.3 is 19.3 Å². The third kappa shape index (κ3) is 7.27. The highest BCUT2D eigenvalue weighted by Crippen LogP contribution is 2.28. The summed E-state index contributed by atoms with van der Waals surface area (Å²) >= 11 is 3.47. The van der Waals surface area contributed by atoms with Gasteiger partial charge in [-0.05, 0) is 42.0 Å². The number of aliphatic imine (C=N–C) groups is 1. The highest BCUT2D eigenvalue weighted by atomic mass is 79.9. The van der Waals surface area contributed by atoms with Gasteiger partial charge in [-0.2, -0.15) is 0 Å². The van der Waals surface area contributed by atoms with Crippen LogP contribution in [0.3, 0.4) is 0 Å². The van der Waals surface area contributed by atoms with Crippen molar-refractivity contribution in [3.05, 3.63) is 64.1 Å². The van der Waals surface area contributed by atoms with Gasteiger partial charge in [0.15, 0.2) is 5.54 Å². The lowest BCUT2D eigenvalue weighted by molar-refractivity contribution is -0.127. The Hall–Kier alpha value is -2.50. The second-order valence-corrected chi connectivity index (χ2v) is 9.74. The predicted octanol–water partition coefficient (Wildman–Crippen LogP) is 1.92. The molecule has 2 heterocycles. The summed E-state index contributed by atoms with van der Waals surface area (Å²) in [6.45, 7) is 5.41. The van der Waals surface area contributed by atoms with Crippen LogP contribution in [0, 0.1) is 0 Å². The van der Waals surface area contributed by atoms with Crippen LogP contribution in [-0.2, 0) is 20.7 Å². The number of amides is 1. The van der Waals surface area contributed by atoms with Gasteiger partial charge in [-0.1, -0.05) is 28.1 Å². The molecule has 1 saturated heterocycles. The van der Waals surface area contributed by atoms with Gasteiger partial charge in [0.05, 0.1) is 19.8 Å². The Labute approximate surface area is 219 Å². The Morgan fingerprint density at radius 1 is 1.14 bits per heavy atom. The Balaban J connectivity index is 1.44. The molecule has 3 N–H and O–H groups in total. The molecule has 4 rings (SSSR count). The van der Waals surface area contributed by atoms with Gasteiger partial charge in [-0.3, -0.25) is 15.1 Å². The van der Waals surface area contributed by atoms with Crippen molar-refractivity contribution in [2.75, 3.05) is 59.2 Å². The number of nitrogens with one attached hydrogen (secondary N) is 2. The molecule has 0 aliphatic carbocycles. The lowest BCUT2D eigenvalue weighted by Gasteiger charge is -2.27. The van der Waals surface area contributed by atoms with Crippen molar-refractivity contribution < 1.29 is 24.1 Å². The van der Waals surface area contributed by atoms with Gasteiger partial charge in [-0.25, -0.2) is 10.4 Å². The normalized spacial score (nSPS) is 20.0. The number of hydrazine groups is 1. The number of carbonyl (C=O) groups excluding carboxylic acids is 1. The molecule has 9 nitrogen and oxygen atoms in total. The zero-order valence-corrected chi connectivity index (χ0v) is 21.8. The Morgan fingerprint density at radius 3 is 2.61 bits per heavy atom.